The maximum absolute atomic E-state index is 12.3. The highest BCUT2D eigenvalue weighted by atomic mass is 32.1. The van der Waals surface area contributed by atoms with Crippen LogP contribution in [0.3, 0.4) is 0 Å². The number of carbonyl (C=O) groups excluding carboxylic acids is 1. The summed E-state index contributed by atoms with van der Waals surface area (Å²) in [6, 6.07) is 7.87. The minimum absolute atomic E-state index is 0.0162. The molecule has 0 bridgehead atoms. The van der Waals surface area contributed by atoms with Crippen molar-refractivity contribution >= 4 is 28.9 Å². The summed E-state index contributed by atoms with van der Waals surface area (Å²) in [5.41, 5.74) is -0.267. The van der Waals surface area contributed by atoms with E-state index in [4.69, 9.17) is 17.5 Å². The fourth-order valence-corrected chi connectivity index (χ4v) is 2.73. The first-order valence-corrected chi connectivity index (χ1v) is 7.86. The van der Waals surface area contributed by atoms with Gasteiger partial charge in [0.25, 0.3) is 11.6 Å². The van der Waals surface area contributed by atoms with Crippen LogP contribution in [0.25, 0.3) is 0 Å². The summed E-state index contributed by atoms with van der Waals surface area (Å²) in [5.74, 6) is -0.584. The van der Waals surface area contributed by atoms with Crippen LogP contribution in [0.4, 0.5) is 5.69 Å². The largest absolute Gasteiger partial charge is 0.346 e. The van der Waals surface area contributed by atoms with Crippen molar-refractivity contribution in [3.8, 4) is 6.07 Å². The summed E-state index contributed by atoms with van der Waals surface area (Å²) in [5, 5.41) is 22.4. The Bertz CT molecular complexity index is 680. The van der Waals surface area contributed by atoms with Gasteiger partial charge in [0.05, 0.1) is 11.0 Å². The number of benzene rings is 1. The lowest BCUT2D eigenvalue weighted by molar-refractivity contribution is -0.385. The summed E-state index contributed by atoms with van der Waals surface area (Å²) < 4.78 is 0. The molecule has 0 saturated carbocycles. The Balaban J connectivity index is 1.93. The molecule has 1 saturated heterocycles. The molecule has 24 heavy (non-hydrogen) atoms. The molecule has 9 heteroatoms. The number of rotatable bonds is 4. The van der Waals surface area contributed by atoms with Crippen molar-refractivity contribution in [2.45, 2.75) is 6.42 Å². The molecule has 0 spiro atoms. The first kappa shape index (κ1) is 17.8. The third-order valence-corrected chi connectivity index (χ3v) is 4.13. The molecule has 1 fully saturated rings. The summed E-state index contributed by atoms with van der Waals surface area (Å²) in [4.78, 5) is 26.7. The van der Waals surface area contributed by atoms with Gasteiger partial charge in [-0.05, 0) is 18.3 Å². The lowest BCUT2D eigenvalue weighted by Crippen LogP contribution is -2.52. The van der Waals surface area contributed by atoms with Gasteiger partial charge in [0.1, 0.15) is 5.56 Å². The highest BCUT2D eigenvalue weighted by molar-refractivity contribution is 7.80. The van der Waals surface area contributed by atoms with Crippen molar-refractivity contribution < 1.29 is 9.72 Å². The molecule has 8 nitrogen and oxygen atoms in total. The zero-order valence-electron chi connectivity index (χ0n) is 13.0. The van der Waals surface area contributed by atoms with Crippen LogP contribution in [0.15, 0.2) is 24.3 Å². The Hall–Kier alpha value is -2.57. The number of piperazine rings is 1. The maximum atomic E-state index is 12.3. The molecule has 0 aliphatic carbocycles. The van der Waals surface area contributed by atoms with E-state index in [0.717, 1.165) is 19.6 Å². The van der Waals surface area contributed by atoms with Gasteiger partial charge in [-0.15, -0.1) is 0 Å². The zero-order chi connectivity index (χ0) is 17.5. The third kappa shape index (κ3) is 4.47. The Labute approximate surface area is 144 Å². The number of nitro benzene ring substituents is 1. The molecular formula is C15H17N5O3S. The molecule has 0 aromatic heterocycles. The second-order valence-electron chi connectivity index (χ2n) is 5.27. The van der Waals surface area contributed by atoms with Crippen LogP contribution in [0.1, 0.15) is 16.8 Å². The number of hydrogen-bond donors (Lipinski definition) is 1. The molecular weight excluding hydrogens is 330 g/mol. The van der Waals surface area contributed by atoms with Gasteiger partial charge >= 0.3 is 0 Å². The van der Waals surface area contributed by atoms with Crippen LogP contribution in [-0.4, -0.2) is 58.5 Å². The van der Waals surface area contributed by atoms with Gasteiger partial charge in [0.15, 0.2) is 5.11 Å². The molecule has 1 aliphatic heterocycles. The van der Waals surface area contributed by atoms with Crippen LogP contribution in [0.2, 0.25) is 0 Å². The quantitative estimate of drug-likeness (QED) is 0.495. The van der Waals surface area contributed by atoms with Crippen molar-refractivity contribution in [3.63, 3.8) is 0 Å². The Morgan fingerprint density at radius 2 is 2.00 bits per heavy atom. The number of hydrogen-bond acceptors (Lipinski definition) is 6. The molecule has 1 aromatic carbocycles. The second-order valence-corrected chi connectivity index (χ2v) is 5.66. The number of amides is 1. The minimum atomic E-state index is -0.591. The summed E-state index contributed by atoms with van der Waals surface area (Å²) in [7, 11) is 0. The van der Waals surface area contributed by atoms with Crippen molar-refractivity contribution in [1.29, 1.82) is 5.26 Å². The maximum Gasteiger partial charge on any atom is 0.282 e. The number of nitrogens with one attached hydrogen (secondary N) is 1. The normalized spacial score (nSPS) is 14.7. The molecule has 0 atom stereocenters. The third-order valence-electron chi connectivity index (χ3n) is 3.77. The number of nitro groups is 1. The fraction of sp³-hybridized carbons (Fsp3) is 0.400. The Morgan fingerprint density at radius 1 is 1.33 bits per heavy atom. The first-order chi connectivity index (χ1) is 11.5. The highest BCUT2D eigenvalue weighted by Crippen LogP contribution is 2.17. The van der Waals surface area contributed by atoms with E-state index in [1.54, 1.807) is 6.07 Å². The number of nitrogens with zero attached hydrogens (tertiary/aromatic N) is 4. The number of para-hydroxylation sites is 1. The van der Waals surface area contributed by atoms with Crippen LogP contribution < -0.4 is 5.32 Å². The molecule has 126 valence electrons. The molecule has 2 rings (SSSR count). The van der Waals surface area contributed by atoms with E-state index >= 15 is 0 Å². The van der Waals surface area contributed by atoms with Crippen LogP contribution in [0.5, 0.6) is 0 Å². The second kappa shape index (κ2) is 8.33. The van der Waals surface area contributed by atoms with Gasteiger partial charge in [-0.3, -0.25) is 25.1 Å². The summed E-state index contributed by atoms with van der Waals surface area (Å²) in [6.07, 6.45) is 0.485. The van der Waals surface area contributed by atoms with Crippen molar-refractivity contribution in [1.82, 2.24) is 15.1 Å². The van der Waals surface area contributed by atoms with Gasteiger partial charge in [-0.25, -0.2) is 0 Å². The molecule has 1 aliphatic rings. The number of carbonyl (C=O) groups is 1. The van der Waals surface area contributed by atoms with Crippen LogP contribution in [0, 0.1) is 21.4 Å². The van der Waals surface area contributed by atoms with Crippen molar-refractivity contribution in [3.05, 3.63) is 39.9 Å². The fourth-order valence-electron chi connectivity index (χ4n) is 2.45. The zero-order valence-corrected chi connectivity index (χ0v) is 13.8. The van der Waals surface area contributed by atoms with E-state index in [1.165, 1.54) is 18.2 Å². The molecule has 0 radical (unpaired) electrons. The minimum Gasteiger partial charge on any atom is -0.346 e. The van der Waals surface area contributed by atoms with Gasteiger partial charge in [0.2, 0.25) is 0 Å². The molecule has 1 amide bonds. The molecule has 0 unspecified atom stereocenters. The standard InChI is InChI=1S/C15H17N5O3S/c16-6-3-7-18-8-10-19(11-9-18)15(24)17-14(21)12-4-1-2-5-13(12)20(22)23/h1-2,4-5H,3,7-11H2,(H,17,21,24). The molecule has 1 N–H and O–H groups in total. The van der Waals surface area contributed by atoms with E-state index in [0.29, 0.717) is 19.5 Å². The lowest BCUT2D eigenvalue weighted by Gasteiger charge is -2.35. The predicted octanol–water partition coefficient (Wildman–Crippen LogP) is 1.14. The van der Waals surface area contributed by atoms with E-state index in [1.807, 2.05) is 4.90 Å². The summed E-state index contributed by atoms with van der Waals surface area (Å²) in [6.45, 7) is 3.51. The monoisotopic (exact) mass is 347 g/mol. The average molecular weight is 347 g/mol. The Morgan fingerprint density at radius 3 is 2.62 bits per heavy atom. The van der Waals surface area contributed by atoms with E-state index < -0.39 is 10.8 Å². The van der Waals surface area contributed by atoms with Crippen LogP contribution >= 0.6 is 12.2 Å². The molecule has 1 aromatic rings. The van der Waals surface area contributed by atoms with E-state index in [9.17, 15) is 14.9 Å². The lowest BCUT2D eigenvalue weighted by atomic mass is 10.1. The van der Waals surface area contributed by atoms with E-state index in [-0.39, 0.29) is 16.4 Å². The SMILES string of the molecule is N#CCCN1CCN(C(=S)NC(=O)c2ccccc2[N+](=O)[O-])CC1. The molecule has 1 heterocycles. The van der Waals surface area contributed by atoms with Gasteiger partial charge in [-0.2, -0.15) is 5.26 Å². The van der Waals surface area contributed by atoms with Gasteiger partial charge in [0, 0.05) is 45.2 Å². The van der Waals surface area contributed by atoms with Crippen molar-refractivity contribution in [2.24, 2.45) is 0 Å². The Kier molecular flexibility index (Phi) is 6.17. The van der Waals surface area contributed by atoms with E-state index in [2.05, 4.69) is 16.3 Å². The van der Waals surface area contributed by atoms with Crippen LogP contribution in [-0.2, 0) is 0 Å². The van der Waals surface area contributed by atoms with Gasteiger partial charge in [-0.1, -0.05) is 12.1 Å². The van der Waals surface area contributed by atoms with Gasteiger partial charge < -0.3 is 4.90 Å². The predicted molar refractivity (Wildman–Crippen MR) is 91.4 cm³/mol. The smallest absolute Gasteiger partial charge is 0.282 e. The topological polar surface area (TPSA) is 103 Å². The van der Waals surface area contributed by atoms with Crippen molar-refractivity contribution in [2.75, 3.05) is 32.7 Å². The first-order valence-electron chi connectivity index (χ1n) is 7.46. The highest BCUT2D eigenvalue weighted by Gasteiger charge is 2.23. The number of thiocarbonyl (C=S) groups is 1. The summed E-state index contributed by atoms with van der Waals surface area (Å²) >= 11 is 5.24. The average Bonchev–Trinajstić information content (AvgIpc) is 2.60. The number of nitriles is 1.